The number of carbonyl (C=O) groups is 1. The molecule has 0 saturated carbocycles. The van der Waals surface area contributed by atoms with E-state index in [0.717, 1.165) is 18.4 Å². The van der Waals surface area contributed by atoms with Crippen LogP contribution in [-0.2, 0) is 0 Å². The molecule has 0 radical (unpaired) electrons. The molecule has 2 atom stereocenters. The van der Waals surface area contributed by atoms with E-state index in [-0.39, 0.29) is 5.92 Å². The lowest BCUT2D eigenvalue weighted by atomic mass is 9.77. The molecular weight excluding hydrogens is 234 g/mol. The van der Waals surface area contributed by atoms with E-state index in [4.69, 9.17) is 0 Å². The Hall–Kier alpha value is -1.15. The molecule has 0 aromatic heterocycles. The maximum atomic E-state index is 12.7. The van der Waals surface area contributed by atoms with Crippen molar-refractivity contribution in [3.63, 3.8) is 0 Å². The molecule has 2 heterocycles. The molecule has 1 N–H and O–H groups in total. The minimum Gasteiger partial charge on any atom is -0.311 e. The van der Waals surface area contributed by atoms with E-state index in [1.54, 1.807) is 0 Å². The lowest BCUT2D eigenvalue weighted by molar-refractivity contribution is 0.0825. The van der Waals surface area contributed by atoms with Gasteiger partial charge in [0.05, 0.1) is 0 Å². The maximum Gasteiger partial charge on any atom is 0.166 e. The van der Waals surface area contributed by atoms with Crippen molar-refractivity contribution in [3.8, 4) is 0 Å². The predicted molar refractivity (Wildman–Crippen MR) is 77.5 cm³/mol. The van der Waals surface area contributed by atoms with Gasteiger partial charge in [-0.1, -0.05) is 23.6 Å². The van der Waals surface area contributed by atoms with Crippen molar-refractivity contribution in [2.24, 2.45) is 5.92 Å². The Kier molecular flexibility index (Phi) is 3.44. The molecule has 2 fully saturated rings. The quantitative estimate of drug-likeness (QED) is 0.823. The lowest BCUT2D eigenvalue weighted by Gasteiger charge is -2.39. The fraction of sp³-hybridized carbons (Fsp3) is 0.588. The largest absolute Gasteiger partial charge is 0.311 e. The fourth-order valence-corrected chi connectivity index (χ4v) is 3.83. The Morgan fingerprint density at radius 1 is 1.05 bits per heavy atom. The lowest BCUT2D eigenvalue weighted by Crippen LogP contribution is -2.50. The molecule has 1 aromatic rings. The van der Waals surface area contributed by atoms with E-state index in [1.165, 1.54) is 30.4 Å². The summed E-state index contributed by atoms with van der Waals surface area (Å²) in [5.41, 5.74) is 3.30. The topological polar surface area (TPSA) is 29.1 Å². The third kappa shape index (κ3) is 2.74. The van der Waals surface area contributed by atoms with E-state index >= 15 is 0 Å². The van der Waals surface area contributed by atoms with Crippen molar-refractivity contribution in [1.82, 2.24) is 5.32 Å². The summed E-state index contributed by atoms with van der Waals surface area (Å²) in [5.74, 6) is 0.600. The first kappa shape index (κ1) is 12.9. The maximum absolute atomic E-state index is 12.7. The third-order valence-electron chi connectivity index (χ3n) is 4.59. The van der Waals surface area contributed by atoms with Crippen LogP contribution in [0.1, 0.15) is 53.6 Å². The van der Waals surface area contributed by atoms with Gasteiger partial charge in [-0.05, 0) is 51.7 Å². The first-order valence-electron chi connectivity index (χ1n) is 7.50. The fourth-order valence-electron chi connectivity index (χ4n) is 3.83. The van der Waals surface area contributed by atoms with Crippen molar-refractivity contribution in [2.45, 2.75) is 58.0 Å². The second-order valence-electron chi connectivity index (χ2n) is 6.40. The highest BCUT2D eigenvalue weighted by atomic mass is 16.1. The van der Waals surface area contributed by atoms with E-state index in [1.807, 2.05) is 12.1 Å². The summed E-state index contributed by atoms with van der Waals surface area (Å²) >= 11 is 0. The zero-order valence-corrected chi connectivity index (χ0v) is 11.9. The summed E-state index contributed by atoms with van der Waals surface area (Å²) < 4.78 is 0. The Labute approximate surface area is 115 Å². The number of fused-ring (bicyclic) bond motifs is 2. The Morgan fingerprint density at radius 3 is 2.21 bits per heavy atom. The molecule has 1 aromatic carbocycles. The number of carbonyl (C=O) groups excluding carboxylic acids is 1. The minimum absolute atomic E-state index is 0.234. The summed E-state index contributed by atoms with van der Waals surface area (Å²) in [7, 11) is 0. The number of piperidine rings is 2. The second kappa shape index (κ2) is 5.09. The van der Waals surface area contributed by atoms with Gasteiger partial charge < -0.3 is 5.32 Å². The Morgan fingerprint density at radius 2 is 1.63 bits per heavy atom. The van der Waals surface area contributed by atoms with Crippen LogP contribution in [0.15, 0.2) is 18.2 Å². The average Bonchev–Trinajstić information content (AvgIpc) is 2.36. The highest BCUT2D eigenvalue weighted by Gasteiger charge is 2.34. The summed E-state index contributed by atoms with van der Waals surface area (Å²) in [4.78, 5) is 12.7. The highest BCUT2D eigenvalue weighted by Crippen LogP contribution is 2.32. The van der Waals surface area contributed by atoms with Crippen molar-refractivity contribution in [2.75, 3.05) is 0 Å². The molecular formula is C17H23NO. The smallest absolute Gasteiger partial charge is 0.166 e. The van der Waals surface area contributed by atoms with Gasteiger partial charge in [-0.25, -0.2) is 0 Å². The number of aryl methyl sites for hydroxylation is 2. The second-order valence-corrected chi connectivity index (χ2v) is 6.40. The van der Waals surface area contributed by atoms with Crippen LogP contribution in [0, 0.1) is 19.8 Å². The molecule has 2 aliphatic rings. The summed E-state index contributed by atoms with van der Waals surface area (Å²) in [5, 5.41) is 3.66. The zero-order valence-electron chi connectivity index (χ0n) is 11.9. The molecule has 0 spiro atoms. The Bertz CT molecular complexity index is 462. The number of rotatable bonds is 2. The van der Waals surface area contributed by atoms with Crippen LogP contribution in [0.4, 0.5) is 0 Å². The van der Waals surface area contributed by atoms with E-state index in [0.29, 0.717) is 17.9 Å². The van der Waals surface area contributed by atoms with Gasteiger partial charge in [0.15, 0.2) is 5.78 Å². The van der Waals surface area contributed by atoms with Crippen LogP contribution in [0.25, 0.3) is 0 Å². The molecule has 0 amide bonds. The van der Waals surface area contributed by atoms with Crippen LogP contribution in [-0.4, -0.2) is 17.9 Å². The average molecular weight is 257 g/mol. The summed E-state index contributed by atoms with van der Waals surface area (Å²) in [6.07, 6.45) is 5.87. The molecule has 2 saturated heterocycles. The minimum atomic E-state index is 0.234. The number of benzene rings is 1. The van der Waals surface area contributed by atoms with E-state index < -0.39 is 0 Å². The molecule has 2 aliphatic heterocycles. The first-order chi connectivity index (χ1) is 9.11. The van der Waals surface area contributed by atoms with Crippen molar-refractivity contribution >= 4 is 5.78 Å². The van der Waals surface area contributed by atoms with Gasteiger partial charge in [0.25, 0.3) is 0 Å². The first-order valence-corrected chi connectivity index (χ1v) is 7.50. The number of nitrogens with one attached hydrogen (secondary N) is 1. The number of hydrogen-bond donors (Lipinski definition) is 1. The monoisotopic (exact) mass is 257 g/mol. The van der Waals surface area contributed by atoms with Crippen molar-refractivity contribution < 1.29 is 4.79 Å². The van der Waals surface area contributed by atoms with Gasteiger partial charge in [0.1, 0.15) is 0 Å². The van der Waals surface area contributed by atoms with Gasteiger partial charge in [0.2, 0.25) is 0 Å². The van der Waals surface area contributed by atoms with Gasteiger partial charge >= 0.3 is 0 Å². The molecule has 3 rings (SSSR count). The molecule has 19 heavy (non-hydrogen) atoms. The molecule has 2 unspecified atom stereocenters. The molecule has 2 heteroatoms. The standard InChI is InChI=1S/C17H23NO/c1-11-6-12(2)8-13(7-11)17(19)14-9-15-4-3-5-16(10-14)18-15/h6-8,14-16,18H,3-5,9-10H2,1-2H3. The van der Waals surface area contributed by atoms with E-state index in [2.05, 4.69) is 25.2 Å². The molecule has 102 valence electrons. The molecule has 2 nitrogen and oxygen atoms in total. The normalized spacial score (nSPS) is 30.1. The zero-order chi connectivity index (χ0) is 13.4. The SMILES string of the molecule is Cc1cc(C)cc(C(=O)C2CC3CCCC(C2)N3)c1. The van der Waals surface area contributed by atoms with Gasteiger partial charge in [0, 0.05) is 23.6 Å². The van der Waals surface area contributed by atoms with Gasteiger partial charge in [-0.2, -0.15) is 0 Å². The van der Waals surface area contributed by atoms with Crippen molar-refractivity contribution in [1.29, 1.82) is 0 Å². The Balaban J connectivity index is 1.79. The van der Waals surface area contributed by atoms with Crippen molar-refractivity contribution in [3.05, 3.63) is 34.9 Å². The third-order valence-corrected chi connectivity index (χ3v) is 4.59. The van der Waals surface area contributed by atoms with Crippen LogP contribution < -0.4 is 5.32 Å². The van der Waals surface area contributed by atoms with Crippen LogP contribution in [0.5, 0.6) is 0 Å². The summed E-state index contributed by atoms with van der Waals surface area (Å²) in [6.45, 7) is 4.14. The number of Topliss-reactive ketones (excluding diaryl/α,β-unsaturated/α-hetero) is 1. The van der Waals surface area contributed by atoms with Crippen LogP contribution in [0.2, 0.25) is 0 Å². The number of hydrogen-bond acceptors (Lipinski definition) is 2. The molecule has 0 aliphatic carbocycles. The van der Waals surface area contributed by atoms with Gasteiger partial charge in [-0.15, -0.1) is 0 Å². The van der Waals surface area contributed by atoms with Gasteiger partial charge in [-0.3, -0.25) is 4.79 Å². The highest BCUT2D eigenvalue weighted by molar-refractivity contribution is 5.98. The molecule has 2 bridgehead atoms. The number of ketones is 1. The van der Waals surface area contributed by atoms with Crippen LogP contribution >= 0.6 is 0 Å². The van der Waals surface area contributed by atoms with Crippen LogP contribution in [0.3, 0.4) is 0 Å². The summed E-state index contributed by atoms with van der Waals surface area (Å²) in [6, 6.07) is 7.38. The predicted octanol–water partition coefficient (Wildman–Crippen LogP) is 3.41. The van der Waals surface area contributed by atoms with E-state index in [9.17, 15) is 4.79 Å².